The van der Waals surface area contributed by atoms with Gasteiger partial charge < -0.3 is 4.79 Å². The van der Waals surface area contributed by atoms with Crippen LogP contribution in [0, 0.1) is 0 Å². The van der Waals surface area contributed by atoms with Gasteiger partial charge in [-0.2, -0.15) is 0 Å². The van der Waals surface area contributed by atoms with E-state index in [-0.39, 0.29) is 0 Å². The van der Waals surface area contributed by atoms with Crippen LogP contribution in [0.5, 0.6) is 0 Å². The summed E-state index contributed by atoms with van der Waals surface area (Å²) in [6.45, 7) is 2.97. The molecule has 1 heterocycles. The van der Waals surface area contributed by atoms with Crippen molar-refractivity contribution in [1.29, 1.82) is 0 Å². The van der Waals surface area contributed by atoms with E-state index in [4.69, 9.17) is 0 Å². The first kappa shape index (κ1) is 10.1. The van der Waals surface area contributed by atoms with Crippen LogP contribution in [0.25, 0.3) is 0 Å². The van der Waals surface area contributed by atoms with Gasteiger partial charge in [0, 0.05) is 18.7 Å². The van der Waals surface area contributed by atoms with Crippen LogP contribution < -0.4 is 0 Å². The molecule has 0 N–H and O–H groups in total. The summed E-state index contributed by atoms with van der Waals surface area (Å²) >= 11 is 0. The Kier molecular flexibility index (Phi) is 2.95. The number of rotatable bonds is 3. The minimum Gasteiger partial charge on any atom is -0.303 e. The summed E-state index contributed by atoms with van der Waals surface area (Å²) in [7, 11) is 0. The highest BCUT2D eigenvalue weighted by atomic mass is 16.1. The number of aryl methyl sites for hydroxylation is 1. The van der Waals surface area contributed by atoms with Crippen LogP contribution in [-0.2, 0) is 17.6 Å². The summed E-state index contributed by atoms with van der Waals surface area (Å²) in [4.78, 5) is 14.7. The molecule has 78 valence electrons. The van der Waals surface area contributed by atoms with E-state index in [0.717, 1.165) is 31.4 Å². The van der Waals surface area contributed by atoms with Gasteiger partial charge in [0.2, 0.25) is 0 Å². The molecule has 0 aromatic heterocycles. The SMILES string of the molecule is CC1=NCCc2ccc(CCC=O)cc21. The molecule has 0 spiro atoms. The molecule has 1 aromatic carbocycles. The third kappa shape index (κ3) is 2.14. The van der Waals surface area contributed by atoms with Crippen LogP contribution in [0.2, 0.25) is 0 Å². The first-order valence-electron chi connectivity index (χ1n) is 5.38. The van der Waals surface area contributed by atoms with Crippen LogP contribution in [-0.4, -0.2) is 18.5 Å². The third-order valence-electron chi connectivity index (χ3n) is 2.85. The van der Waals surface area contributed by atoms with Gasteiger partial charge in [-0.05, 0) is 42.5 Å². The molecule has 15 heavy (non-hydrogen) atoms. The molecule has 1 aromatic rings. The lowest BCUT2D eigenvalue weighted by molar-refractivity contribution is -0.107. The van der Waals surface area contributed by atoms with Gasteiger partial charge in [-0.15, -0.1) is 0 Å². The van der Waals surface area contributed by atoms with E-state index in [1.165, 1.54) is 16.7 Å². The monoisotopic (exact) mass is 201 g/mol. The molecular weight excluding hydrogens is 186 g/mol. The zero-order valence-electron chi connectivity index (χ0n) is 8.99. The van der Waals surface area contributed by atoms with E-state index < -0.39 is 0 Å². The fraction of sp³-hybridized carbons (Fsp3) is 0.385. The number of carbonyl (C=O) groups excluding carboxylic acids is 1. The van der Waals surface area contributed by atoms with Crippen LogP contribution in [0.15, 0.2) is 23.2 Å². The molecular formula is C13H15NO. The summed E-state index contributed by atoms with van der Waals surface area (Å²) in [6, 6.07) is 6.48. The van der Waals surface area contributed by atoms with Gasteiger partial charge in [-0.25, -0.2) is 0 Å². The number of carbonyl (C=O) groups is 1. The second-order valence-corrected chi connectivity index (χ2v) is 3.91. The van der Waals surface area contributed by atoms with Crippen molar-refractivity contribution in [2.24, 2.45) is 4.99 Å². The molecule has 0 bridgehead atoms. The van der Waals surface area contributed by atoms with E-state index in [1.807, 2.05) is 0 Å². The maximum atomic E-state index is 10.3. The highest BCUT2D eigenvalue weighted by Gasteiger charge is 2.10. The molecule has 0 unspecified atom stereocenters. The zero-order chi connectivity index (χ0) is 10.7. The maximum absolute atomic E-state index is 10.3. The molecule has 0 atom stereocenters. The lowest BCUT2D eigenvalue weighted by Gasteiger charge is -2.15. The van der Waals surface area contributed by atoms with Crippen molar-refractivity contribution >= 4 is 12.0 Å². The number of aliphatic imine (C=N–C) groups is 1. The highest BCUT2D eigenvalue weighted by molar-refractivity contribution is 6.00. The van der Waals surface area contributed by atoms with E-state index in [1.54, 1.807) is 0 Å². The van der Waals surface area contributed by atoms with Crippen molar-refractivity contribution < 1.29 is 4.79 Å². The van der Waals surface area contributed by atoms with Gasteiger partial charge in [0.05, 0.1) is 0 Å². The fourth-order valence-corrected chi connectivity index (χ4v) is 1.99. The quantitative estimate of drug-likeness (QED) is 0.689. The average molecular weight is 201 g/mol. The fourth-order valence-electron chi connectivity index (χ4n) is 1.99. The molecule has 0 saturated heterocycles. The number of nitrogens with zero attached hydrogens (tertiary/aromatic N) is 1. The molecule has 1 aliphatic rings. The molecule has 2 rings (SSSR count). The number of aldehydes is 1. The molecule has 0 amide bonds. The minimum absolute atomic E-state index is 0.606. The molecule has 0 saturated carbocycles. The minimum atomic E-state index is 0.606. The summed E-state index contributed by atoms with van der Waals surface area (Å²) < 4.78 is 0. The number of benzene rings is 1. The second kappa shape index (κ2) is 4.39. The molecule has 0 fully saturated rings. The van der Waals surface area contributed by atoms with Crippen LogP contribution >= 0.6 is 0 Å². The van der Waals surface area contributed by atoms with E-state index in [9.17, 15) is 4.79 Å². The van der Waals surface area contributed by atoms with Gasteiger partial charge in [-0.1, -0.05) is 12.1 Å². The van der Waals surface area contributed by atoms with E-state index in [2.05, 4.69) is 30.1 Å². The Morgan fingerprint density at radius 2 is 2.33 bits per heavy atom. The first-order valence-corrected chi connectivity index (χ1v) is 5.38. The van der Waals surface area contributed by atoms with Crippen molar-refractivity contribution in [3.63, 3.8) is 0 Å². The van der Waals surface area contributed by atoms with Crippen LogP contribution in [0.4, 0.5) is 0 Å². The third-order valence-corrected chi connectivity index (χ3v) is 2.85. The summed E-state index contributed by atoms with van der Waals surface area (Å²) in [5.74, 6) is 0. The van der Waals surface area contributed by atoms with E-state index >= 15 is 0 Å². The Bertz CT molecular complexity index is 407. The largest absolute Gasteiger partial charge is 0.303 e. The molecule has 2 nitrogen and oxygen atoms in total. The molecule has 1 aliphatic heterocycles. The standard InChI is InChI=1S/C13H15NO/c1-10-13-9-11(3-2-8-15)4-5-12(13)6-7-14-10/h4-5,8-9H,2-3,6-7H2,1H3. The van der Waals surface area contributed by atoms with Crippen molar-refractivity contribution in [1.82, 2.24) is 0 Å². The zero-order valence-corrected chi connectivity index (χ0v) is 8.99. The Balaban J connectivity index is 2.29. The summed E-state index contributed by atoms with van der Waals surface area (Å²) in [6.07, 6.45) is 3.46. The Morgan fingerprint density at radius 3 is 3.13 bits per heavy atom. The van der Waals surface area contributed by atoms with Crippen LogP contribution in [0.3, 0.4) is 0 Å². The molecule has 0 radical (unpaired) electrons. The van der Waals surface area contributed by atoms with Gasteiger partial charge in [-0.3, -0.25) is 4.99 Å². The summed E-state index contributed by atoms with van der Waals surface area (Å²) in [5.41, 5.74) is 5.02. The topological polar surface area (TPSA) is 29.4 Å². The lowest BCUT2D eigenvalue weighted by Crippen LogP contribution is -2.10. The average Bonchev–Trinajstić information content (AvgIpc) is 2.27. The first-order chi connectivity index (χ1) is 7.31. The highest BCUT2D eigenvalue weighted by Crippen LogP contribution is 2.18. The van der Waals surface area contributed by atoms with Gasteiger partial charge in [0.25, 0.3) is 0 Å². The predicted molar refractivity (Wildman–Crippen MR) is 61.6 cm³/mol. The van der Waals surface area contributed by atoms with Gasteiger partial charge in [0.15, 0.2) is 0 Å². The lowest BCUT2D eigenvalue weighted by atomic mass is 9.95. The number of hydrogen-bond acceptors (Lipinski definition) is 2. The second-order valence-electron chi connectivity index (χ2n) is 3.91. The Labute approximate surface area is 90.0 Å². The van der Waals surface area contributed by atoms with Crippen molar-refractivity contribution in [2.75, 3.05) is 6.54 Å². The van der Waals surface area contributed by atoms with Crippen molar-refractivity contribution in [3.05, 3.63) is 34.9 Å². The molecule has 0 aliphatic carbocycles. The molecule has 2 heteroatoms. The van der Waals surface area contributed by atoms with E-state index in [0.29, 0.717) is 6.42 Å². The number of hydrogen-bond donors (Lipinski definition) is 0. The maximum Gasteiger partial charge on any atom is 0.120 e. The smallest absolute Gasteiger partial charge is 0.120 e. The Morgan fingerprint density at radius 1 is 1.47 bits per heavy atom. The van der Waals surface area contributed by atoms with Crippen molar-refractivity contribution in [2.45, 2.75) is 26.2 Å². The normalized spacial score (nSPS) is 14.3. The number of fused-ring (bicyclic) bond motifs is 1. The predicted octanol–water partition coefficient (Wildman–Crippen LogP) is 2.18. The van der Waals surface area contributed by atoms with Crippen LogP contribution in [0.1, 0.15) is 30.0 Å². The van der Waals surface area contributed by atoms with Gasteiger partial charge in [0.1, 0.15) is 6.29 Å². The van der Waals surface area contributed by atoms with Crippen molar-refractivity contribution in [3.8, 4) is 0 Å². The van der Waals surface area contributed by atoms with Gasteiger partial charge >= 0.3 is 0 Å². The Hall–Kier alpha value is -1.44. The summed E-state index contributed by atoms with van der Waals surface area (Å²) in [5, 5.41) is 0.